The van der Waals surface area contributed by atoms with Crippen molar-refractivity contribution in [3.63, 3.8) is 0 Å². The molecule has 0 radical (unpaired) electrons. The topological polar surface area (TPSA) is 50.7 Å². The van der Waals surface area contributed by atoms with Gasteiger partial charge in [0.15, 0.2) is 6.04 Å². The van der Waals surface area contributed by atoms with Crippen LogP contribution in [0, 0.1) is 5.82 Å². The van der Waals surface area contributed by atoms with Crippen molar-refractivity contribution in [2.45, 2.75) is 6.04 Å². The summed E-state index contributed by atoms with van der Waals surface area (Å²) in [4.78, 5) is 19.8. The first-order valence-corrected chi connectivity index (χ1v) is 4.46. The second-order valence-corrected chi connectivity index (χ2v) is 3.12. The molecule has 0 bridgehead atoms. The fourth-order valence-corrected chi connectivity index (χ4v) is 1.17. The monoisotopic (exact) mass is 208 g/mol. The summed E-state index contributed by atoms with van der Waals surface area (Å²) < 4.78 is 12.6. The Labute approximate surface area is 85.7 Å². The lowest BCUT2D eigenvalue weighted by Gasteiger charge is -1.96. The molecular weight excluding hydrogens is 199 g/mol. The highest BCUT2D eigenvalue weighted by molar-refractivity contribution is 5.87. The first-order chi connectivity index (χ1) is 7.25. The highest BCUT2D eigenvalue weighted by Crippen LogP contribution is 2.03. The van der Waals surface area contributed by atoms with Crippen LogP contribution in [-0.2, 0) is 9.63 Å². The zero-order valence-corrected chi connectivity index (χ0v) is 7.81. The fourth-order valence-electron chi connectivity index (χ4n) is 1.17. The first kappa shape index (κ1) is 9.79. The number of nitrogens with one attached hydrogen (secondary N) is 1. The zero-order valence-electron chi connectivity index (χ0n) is 7.81. The van der Waals surface area contributed by atoms with Gasteiger partial charge in [-0.1, -0.05) is 12.1 Å². The van der Waals surface area contributed by atoms with Gasteiger partial charge in [0.2, 0.25) is 0 Å². The van der Waals surface area contributed by atoms with Crippen LogP contribution in [0.5, 0.6) is 0 Å². The Kier molecular flexibility index (Phi) is 2.73. The van der Waals surface area contributed by atoms with E-state index in [9.17, 15) is 9.18 Å². The molecular formula is C10H9FN2O2. The number of nitrogens with zero attached hydrogens (tertiary/aromatic N) is 1. The molecule has 1 saturated heterocycles. The summed E-state index contributed by atoms with van der Waals surface area (Å²) >= 11 is 0. The van der Waals surface area contributed by atoms with Crippen molar-refractivity contribution < 1.29 is 14.0 Å². The maximum atomic E-state index is 12.6. The molecule has 1 aromatic carbocycles. The Bertz CT molecular complexity index is 389. The van der Waals surface area contributed by atoms with Gasteiger partial charge in [-0.15, -0.1) is 0 Å². The van der Waals surface area contributed by atoms with Gasteiger partial charge in [-0.05, 0) is 17.7 Å². The average molecular weight is 208 g/mol. The third-order valence-corrected chi connectivity index (χ3v) is 1.99. The lowest BCUT2D eigenvalue weighted by molar-refractivity contribution is -0.124. The Balaban J connectivity index is 2.04. The van der Waals surface area contributed by atoms with Crippen LogP contribution >= 0.6 is 0 Å². The molecule has 1 heterocycles. The third-order valence-electron chi connectivity index (χ3n) is 1.99. The van der Waals surface area contributed by atoms with Crippen molar-refractivity contribution in [2.75, 3.05) is 6.61 Å². The van der Waals surface area contributed by atoms with Crippen LogP contribution in [0.1, 0.15) is 5.56 Å². The summed E-state index contributed by atoms with van der Waals surface area (Å²) in [5.74, 6) is -0.553. The largest absolute Gasteiger partial charge is 0.277 e. The van der Waals surface area contributed by atoms with Gasteiger partial charge in [0, 0.05) is 6.21 Å². The van der Waals surface area contributed by atoms with Gasteiger partial charge in [0.05, 0.1) is 0 Å². The average Bonchev–Trinajstić information content (AvgIpc) is 2.63. The van der Waals surface area contributed by atoms with Crippen molar-refractivity contribution in [3.05, 3.63) is 35.6 Å². The molecule has 1 aliphatic heterocycles. The Hall–Kier alpha value is -1.75. The molecule has 78 valence electrons. The Morgan fingerprint density at radius 1 is 1.47 bits per heavy atom. The molecule has 4 nitrogen and oxygen atoms in total. The fraction of sp³-hybridized carbons (Fsp3) is 0.200. The molecule has 1 N–H and O–H groups in total. The summed E-state index contributed by atoms with van der Waals surface area (Å²) in [5.41, 5.74) is 2.95. The summed E-state index contributed by atoms with van der Waals surface area (Å²) in [7, 11) is 0. The molecule has 1 atom stereocenters. The van der Waals surface area contributed by atoms with Crippen molar-refractivity contribution in [1.29, 1.82) is 0 Å². The van der Waals surface area contributed by atoms with E-state index in [2.05, 4.69) is 10.5 Å². The minimum absolute atomic E-state index is 0.233. The molecule has 0 aliphatic carbocycles. The number of carbonyl (C=O) groups excluding carboxylic acids is 1. The number of hydrogen-bond donors (Lipinski definition) is 1. The van der Waals surface area contributed by atoms with E-state index in [-0.39, 0.29) is 18.3 Å². The summed E-state index contributed by atoms with van der Waals surface area (Å²) in [6, 6.07) is 5.35. The highest BCUT2D eigenvalue weighted by Gasteiger charge is 2.23. The maximum absolute atomic E-state index is 12.6. The van der Waals surface area contributed by atoms with Gasteiger partial charge in [-0.25, -0.2) is 9.87 Å². The van der Waals surface area contributed by atoms with E-state index in [0.717, 1.165) is 5.56 Å². The van der Waals surface area contributed by atoms with Crippen LogP contribution in [-0.4, -0.2) is 24.8 Å². The predicted molar refractivity (Wildman–Crippen MR) is 51.9 cm³/mol. The summed E-state index contributed by atoms with van der Waals surface area (Å²) in [6.45, 7) is 0.233. The van der Waals surface area contributed by atoms with E-state index in [1.54, 1.807) is 12.1 Å². The number of aliphatic imine (C=N–C) groups is 1. The quantitative estimate of drug-likeness (QED) is 0.726. The zero-order chi connectivity index (χ0) is 10.7. The van der Waals surface area contributed by atoms with Gasteiger partial charge in [0.25, 0.3) is 5.91 Å². The standard InChI is InChI=1S/C10H9FN2O2/c11-8-3-1-7(2-4-8)5-12-9-6-15-13-10(9)14/h1-5,9H,6H2,(H,13,14). The molecule has 0 aromatic heterocycles. The van der Waals surface area contributed by atoms with Gasteiger partial charge in [-0.3, -0.25) is 14.6 Å². The van der Waals surface area contributed by atoms with Crippen molar-refractivity contribution in [1.82, 2.24) is 5.48 Å². The third kappa shape index (κ3) is 2.38. The number of amides is 1. The van der Waals surface area contributed by atoms with Crippen LogP contribution in [0.4, 0.5) is 4.39 Å². The minimum Gasteiger partial charge on any atom is -0.277 e. The van der Waals surface area contributed by atoms with Gasteiger partial charge >= 0.3 is 0 Å². The SMILES string of the molecule is O=C1NOCC1N=Cc1ccc(F)cc1. The first-order valence-electron chi connectivity index (χ1n) is 4.46. The van der Waals surface area contributed by atoms with Crippen LogP contribution in [0.25, 0.3) is 0 Å². The molecule has 1 amide bonds. The van der Waals surface area contributed by atoms with E-state index in [4.69, 9.17) is 4.84 Å². The predicted octanol–water partition coefficient (Wildman–Crippen LogP) is 0.675. The molecule has 15 heavy (non-hydrogen) atoms. The number of carbonyl (C=O) groups is 1. The van der Waals surface area contributed by atoms with Crippen molar-refractivity contribution in [2.24, 2.45) is 4.99 Å². The van der Waals surface area contributed by atoms with Gasteiger partial charge in [-0.2, -0.15) is 0 Å². The van der Waals surface area contributed by atoms with Crippen LogP contribution in [0.15, 0.2) is 29.3 Å². The molecule has 1 aliphatic rings. The summed E-state index contributed by atoms with van der Waals surface area (Å²) in [5, 5.41) is 0. The lowest BCUT2D eigenvalue weighted by atomic mass is 10.2. The van der Waals surface area contributed by atoms with E-state index >= 15 is 0 Å². The molecule has 0 spiro atoms. The molecule has 1 unspecified atom stereocenters. The van der Waals surface area contributed by atoms with Crippen molar-refractivity contribution >= 4 is 12.1 Å². The van der Waals surface area contributed by atoms with E-state index in [1.807, 2.05) is 0 Å². The normalized spacial score (nSPS) is 20.9. The second-order valence-electron chi connectivity index (χ2n) is 3.12. The highest BCUT2D eigenvalue weighted by atomic mass is 19.1. The number of halogens is 1. The lowest BCUT2D eigenvalue weighted by Crippen LogP contribution is -2.21. The molecule has 1 fully saturated rings. The molecule has 2 rings (SSSR count). The Morgan fingerprint density at radius 3 is 2.80 bits per heavy atom. The van der Waals surface area contributed by atoms with E-state index < -0.39 is 6.04 Å². The van der Waals surface area contributed by atoms with Crippen LogP contribution in [0.3, 0.4) is 0 Å². The maximum Gasteiger partial charge on any atom is 0.270 e. The van der Waals surface area contributed by atoms with E-state index in [0.29, 0.717) is 0 Å². The number of hydroxylamine groups is 1. The molecule has 0 saturated carbocycles. The van der Waals surface area contributed by atoms with Gasteiger partial charge < -0.3 is 0 Å². The van der Waals surface area contributed by atoms with Crippen LogP contribution in [0.2, 0.25) is 0 Å². The smallest absolute Gasteiger partial charge is 0.270 e. The second kappa shape index (κ2) is 4.18. The number of hydrogen-bond acceptors (Lipinski definition) is 3. The number of rotatable bonds is 2. The Morgan fingerprint density at radius 2 is 2.20 bits per heavy atom. The van der Waals surface area contributed by atoms with E-state index in [1.165, 1.54) is 18.3 Å². The summed E-state index contributed by atoms with van der Waals surface area (Å²) in [6.07, 6.45) is 1.53. The number of benzene rings is 1. The van der Waals surface area contributed by atoms with Crippen LogP contribution < -0.4 is 5.48 Å². The molecule has 5 heteroatoms. The van der Waals surface area contributed by atoms with Crippen molar-refractivity contribution in [3.8, 4) is 0 Å². The minimum atomic E-state index is -0.505. The molecule has 1 aromatic rings. The van der Waals surface area contributed by atoms with Gasteiger partial charge in [0.1, 0.15) is 12.4 Å².